The zero-order valence-electron chi connectivity index (χ0n) is 10.4. The minimum Gasteiger partial charge on any atom is -0.497 e. The van der Waals surface area contributed by atoms with E-state index in [0.29, 0.717) is 16.9 Å². The number of ether oxygens (including phenoxy) is 1. The highest BCUT2D eigenvalue weighted by Gasteiger charge is 2.10. The number of methoxy groups -OCH3 is 1. The highest BCUT2D eigenvalue weighted by atomic mass is 19.1. The average molecular weight is 264 g/mol. The minimum atomic E-state index is -0.813. The fourth-order valence-corrected chi connectivity index (χ4v) is 1.90. The molecule has 0 aromatic heterocycles. The standard InChI is InChI=1S/C15H14F2O2/c1-19-14-4-2-11(3-5-14)15(18)8-10-6-12(16)9-13(17)7-10/h2-7,9,15,18H,8H2,1H3. The summed E-state index contributed by atoms with van der Waals surface area (Å²) < 4.78 is 31.1. The fraction of sp³-hybridized carbons (Fsp3) is 0.200. The van der Waals surface area contributed by atoms with Gasteiger partial charge in [-0.05, 0) is 35.4 Å². The van der Waals surface area contributed by atoms with Gasteiger partial charge in [0.1, 0.15) is 17.4 Å². The molecule has 4 heteroatoms. The molecular weight excluding hydrogens is 250 g/mol. The largest absolute Gasteiger partial charge is 0.497 e. The van der Waals surface area contributed by atoms with Crippen LogP contribution in [0, 0.1) is 11.6 Å². The van der Waals surface area contributed by atoms with Crippen molar-refractivity contribution in [1.82, 2.24) is 0 Å². The summed E-state index contributed by atoms with van der Waals surface area (Å²) >= 11 is 0. The molecule has 0 radical (unpaired) electrons. The van der Waals surface area contributed by atoms with E-state index < -0.39 is 17.7 Å². The molecule has 2 rings (SSSR count). The maximum absolute atomic E-state index is 13.0. The summed E-state index contributed by atoms with van der Waals surface area (Å²) in [6.07, 6.45) is -0.659. The number of benzene rings is 2. The van der Waals surface area contributed by atoms with E-state index in [1.54, 1.807) is 31.4 Å². The Hall–Kier alpha value is -1.94. The van der Waals surface area contributed by atoms with E-state index >= 15 is 0 Å². The Morgan fingerprint density at radius 2 is 1.63 bits per heavy atom. The summed E-state index contributed by atoms with van der Waals surface area (Å²) in [4.78, 5) is 0. The first kappa shape index (κ1) is 13.5. The molecule has 1 unspecified atom stereocenters. The van der Waals surface area contributed by atoms with Gasteiger partial charge in [-0.1, -0.05) is 12.1 Å². The lowest BCUT2D eigenvalue weighted by molar-refractivity contribution is 0.178. The van der Waals surface area contributed by atoms with Gasteiger partial charge in [0.2, 0.25) is 0 Å². The molecular formula is C15H14F2O2. The van der Waals surface area contributed by atoms with Crippen LogP contribution in [-0.2, 0) is 6.42 Å². The quantitative estimate of drug-likeness (QED) is 0.918. The molecule has 0 aliphatic carbocycles. The zero-order chi connectivity index (χ0) is 13.8. The smallest absolute Gasteiger partial charge is 0.126 e. The van der Waals surface area contributed by atoms with Gasteiger partial charge in [0.25, 0.3) is 0 Å². The second kappa shape index (κ2) is 5.80. The van der Waals surface area contributed by atoms with Crippen LogP contribution in [0.2, 0.25) is 0 Å². The van der Waals surface area contributed by atoms with Crippen molar-refractivity contribution in [1.29, 1.82) is 0 Å². The SMILES string of the molecule is COc1ccc(C(O)Cc2cc(F)cc(F)c2)cc1. The molecule has 0 aliphatic rings. The molecule has 0 amide bonds. The Balaban J connectivity index is 2.13. The first-order valence-corrected chi connectivity index (χ1v) is 5.85. The van der Waals surface area contributed by atoms with Gasteiger partial charge in [0.15, 0.2) is 0 Å². The van der Waals surface area contributed by atoms with Gasteiger partial charge in [0.05, 0.1) is 13.2 Å². The van der Waals surface area contributed by atoms with Crippen LogP contribution in [0.15, 0.2) is 42.5 Å². The Kier molecular flexibility index (Phi) is 4.12. The Morgan fingerprint density at radius 3 is 2.16 bits per heavy atom. The summed E-state index contributed by atoms with van der Waals surface area (Å²) in [5, 5.41) is 10.0. The van der Waals surface area contributed by atoms with E-state index in [2.05, 4.69) is 0 Å². The van der Waals surface area contributed by atoms with Gasteiger partial charge in [-0.2, -0.15) is 0 Å². The highest BCUT2D eigenvalue weighted by Crippen LogP contribution is 2.21. The van der Waals surface area contributed by atoms with Gasteiger partial charge in [-0.3, -0.25) is 0 Å². The third-order valence-corrected chi connectivity index (χ3v) is 2.85. The lowest BCUT2D eigenvalue weighted by atomic mass is 10.0. The lowest BCUT2D eigenvalue weighted by Crippen LogP contribution is -2.02. The maximum Gasteiger partial charge on any atom is 0.126 e. The normalized spacial score (nSPS) is 12.2. The van der Waals surface area contributed by atoms with Gasteiger partial charge in [-0.15, -0.1) is 0 Å². The van der Waals surface area contributed by atoms with Crippen molar-refractivity contribution >= 4 is 0 Å². The summed E-state index contributed by atoms with van der Waals surface area (Å²) in [7, 11) is 1.56. The number of aliphatic hydroxyl groups is 1. The van der Waals surface area contributed by atoms with Gasteiger partial charge in [0, 0.05) is 12.5 Å². The van der Waals surface area contributed by atoms with Crippen LogP contribution in [0.4, 0.5) is 8.78 Å². The first-order valence-electron chi connectivity index (χ1n) is 5.85. The number of hydrogen-bond donors (Lipinski definition) is 1. The topological polar surface area (TPSA) is 29.5 Å². The van der Waals surface area contributed by atoms with Crippen molar-refractivity contribution in [2.45, 2.75) is 12.5 Å². The van der Waals surface area contributed by atoms with Crippen LogP contribution in [0.5, 0.6) is 5.75 Å². The molecule has 0 saturated heterocycles. The van der Waals surface area contributed by atoms with Crippen molar-refractivity contribution in [3.8, 4) is 5.75 Å². The Labute approximate surface area is 110 Å². The van der Waals surface area contributed by atoms with Crippen LogP contribution in [0.3, 0.4) is 0 Å². The van der Waals surface area contributed by atoms with Gasteiger partial charge in [-0.25, -0.2) is 8.78 Å². The molecule has 2 aromatic rings. The molecule has 19 heavy (non-hydrogen) atoms. The summed E-state index contributed by atoms with van der Waals surface area (Å²) in [6.45, 7) is 0. The number of hydrogen-bond acceptors (Lipinski definition) is 2. The molecule has 1 N–H and O–H groups in total. The van der Waals surface area contributed by atoms with E-state index in [9.17, 15) is 13.9 Å². The molecule has 0 heterocycles. The van der Waals surface area contributed by atoms with E-state index in [4.69, 9.17) is 4.74 Å². The molecule has 100 valence electrons. The molecule has 2 nitrogen and oxygen atoms in total. The predicted molar refractivity (Wildman–Crippen MR) is 68.0 cm³/mol. The van der Waals surface area contributed by atoms with Crippen molar-refractivity contribution in [3.05, 3.63) is 65.2 Å². The Morgan fingerprint density at radius 1 is 1.05 bits per heavy atom. The molecule has 1 atom stereocenters. The van der Waals surface area contributed by atoms with E-state index in [0.717, 1.165) is 6.07 Å². The zero-order valence-corrected chi connectivity index (χ0v) is 10.4. The monoisotopic (exact) mass is 264 g/mol. The van der Waals surface area contributed by atoms with Crippen molar-refractivity contribution in [2.24, 2.45) is 0 Å². The lowest BCUT2D eigenvalue weighted by Gasteiger charge is -2.12. The number of halogens is 2. The van der Waals surface area contributed by atoms with Crippen molar-refractivity contribution in [2.75, 3.05) is 7.11 Å². The second-order valence-electron chi connectivity index (χ2n) is 4.27. The molecule has 0 fully saturated rings. The molecule has 0 bridgehead atoms. The molecule has 0 spiro atoms. The van der Waals surface area contributed by atoms with E-state index in [-0.39, 0.29) is 6.42 Å². The molecule has 0 aliphatic heterocycles. The predicted octanol–water partition coefficient (Wildman–Crippen LogP) is 3.25. The molecule has 2 aromatic carbocycles. The first-order chi connectivity index (χ1) is 9.08. The summed E-state index contributed by atoms with van der Waals surface area (Å²) in [6, 6.07) is 10.1. The highest BCUT2D eigenvalue weighted by molar-refractivity contribution is 5.29. The molecule has 0 saturated carbocycles. The van der Waals surface area contributed by atoms with Crippen LogP contribution in [-0.4, -0.2) is 12.2 Å². The van der Waals surface area contributed by atoms with Crippen LogP contribution in [0.1, 0.15) is 17.2 Å². The second-order valence-corrected chi connectivity index (χ2v) is 4.27. The third-order valence-electron chi connectivity index (χ3n) is 2.85. The van der Waals surface area contributed by atoms with Crippen LogP contribution >= 0.6 is 0 Å². The number of rotatable bonds is 4. The number of aliphatic hydroxyl groups excluding tert-OH is 1. The summed E-state index contributed by atoms with van der Waals surface area (Å²) in [5.74, 6) is -0.596. The van der Waals surface area contributed by atoms with Gasteiger partial charge < -0.3 is 9.84 Å². The van der Waals surface area contributed by atoms with E-state index in [1.165, 1.54) is 12.1 Å². The minimum absolute atomic E-state index is 0.154. The third kappa shape index (κ3) is 3.51. The van der Waals surface area contributed by atoms with Crippen molar-refractivity contribution in [3.63, 3.8) is 0 Å². The fourth-order valence-electron chi connectivity index (χ4n) is 1.90. The van der Waals surface area contributed by atoms with Crippen LogP contribution < -0.4 is 4.74 Å². The van der Waals surface area contributed by atoms with E-state index in [1.807, 2.05) is 0 Å². The average Bonchev–Trinajstić information content (AvgIpc) is 2.37. The van der Waals surface area contributed by atoms with Crippen LogP contribution in [0.25, 0.3) is 0 Å². The van der Waals surface area contributed by atoms with Crippen molar-refractivity contribution < 1.29 is 18.6 Å². The maximum atomic E-state index is 13.0. The Bertz CT molecular complexity index is 532. The summed E-state index contributed by atoms with van der Waals surface area (Å²) in [5.41, 5.74) is 1.09. The van der Waals surface area contributed by atoms with Gasteiger partial charge >= 0.3 is 0 Å².